The number of fused-ring (bicyclic) bond motifs is 9. The molecule has 10 aromatic carbocycles. The maximum absolute atomic E-state index is 6.88. The molecule has 0 aliphatic rings. The molecule has 0 atom stereocenters. The van der Waals surface area contributed by atoms with E-state index in [1.165, 1.54) is 21.9 Å². The Hall–Kier alpha value is -9.39. The normalized spacial score (nSPS) is 11.8. The molecule has 6 nitrogen and oxygen atoms in total. The van der Waals surface area contributed by atoms with Gasteiger partial charge in [0.05, 0.1) is 22.1 Å². The molecule has 69 heavy (non-hydrogen) atoms. The van der Waals surface area contributed by atoms with E-state index in [2.05, 4.69) is 180 Å². The van der Waals surface area contributed by atoms with E-state index < -0.39 is 0 Å². The fourth-order valence-corrected chi connectivity index (χ4v) is 10.2. The molecular formula is C63H38N4O2. The highest BCUT2D eigenvalue weighted by molar-refractivity contribution is 6.18. The minimum absolute atomic E-state index is 0.573. The summed E-state index contributed by atoms with van der Waals surface area (Å²) in [5.41, 5.74) is 15.8. The van der Waals surface area contributed by atoms with E-state index in [-0.39, 0.29) is 0 Å². The summed E-state index contributed by atoms with van der Waals surface area (Å²) in [6.07, 6.45) is 0. The monoisotopic (exact) mass is 882 g/mol. The Morgan fingerprint density at radius 2 is 0.841 bits per heavy atom. The van der Waals surface area contributed by atoms with Crippen molar-refractivity contribution in [1.29, 1.82) is 0 Å². The first-order chi connectivity index (χ1) is 34.2. The van der Waals surface area contributed by atoms with Gasteiger partial charge in [-0.2, -0.15) is 0 Å². The molecule has 0 fully saturated rings. The van der Waals surface area contributed by atoms with Crippen LogP contribution in [0.5, 0.6) is 0 Å². The first-order valence-corrected chi connectivity index (χ1v) is 23.2. The van der Waals surface area contributed by atoms with Gasteiger partial charge in [0.25, 0.3) is 0 Å². The van der Waals surface area contributed by atoms with Gasteiger partial charge >= 0.3 is 0 Å². The lowest BCUT2D eigenvalue weighted by atomic mass is 9.98. The van der Waals surface area contributed by atoms with Crippen molar-refractivity contribution in [3.8, 4) is 73.2 Å². The molecule has 0 radical (unpaired) electrons. The summed E-state index contributed by atoms with van der Waals surface area (Å²) in [5.74, 6) is 1.77. The number of hydrogen-bond acceptors (Lipinski definition) is 5. The van der Waals surface area contributed by atoms with Gasteiger partial charge in [-0.25, -0.2) is 15.0 Å². The molecule has 4 heterocycles. The second kappa shape index (κ2) is 15.6. The van der Waals surface area contributed by atoms with Crippen LogP contribution in [-0.4, -0.2) is 19.5 Å². The van der Waals surface area contributed by atoms with Gasteiger partial charge in [-0.1, -0.05) is 176 Å². The van der Waals surface area contributed by atoms with Gasteiger partial charge in [-0.05, 0) is 82.4 Å². The molecule has 14 rings (SSSR count). The Bertz CT molecular complexity index is 4290. The van der Waals surface area contributed by atoms with Crippen LogP contribution in [0.25, 0.3) is 139 Å². The van der Waals surface area contributed by atoms with Crippen molar-refractivity contribution < 1.29 is 8.83 Å². The molecule has 14 aromatic rings. The molecule has 0 aliphatic carbocycles. The fraction of sp³-hybridized carbons (Fsp3) is 0. The lowest BCUT2D eigenvalue weighted by molar-refractivity contribution is 0.668. The smallest absolute Gasteiger partial charge is 0.164 e. The van der Waals surface area contributed by atoms with E-state index >= 15 is 0 Å². The Labute approximate surface area is 396 Å². The van der Waals surface area contributed by atoms with Crippen molar-refractivity contribution in [1.82, 2.24) is 19.5 Å². The second-order valence-corrected chi connectivity index (χ2v) is 17.5. The maximum Gasteiger partial charge on any atom is 0.164 e. The fourth-order valence-electron chi connectivity index (χ4n) is 10.2. The van der Waals surface area contributed by atoms with Crippen molar-refractivity contribution in [2.75, 3.05) is 0 Å². The number of nitrogens with zero attached hydrogens (tertiary/aromatic N) is 4. The summed E-state index contributed by atoms with van der Waals surface area (Å²) in [7, 11) is 0. The summed E-state index contributed by atoms with van der Waals surface area (Å²) >= 11 is 0. The molecule has 0 bridgehead atoms. The Morgan fingerprint density at radius 1 is 0.290 bits per heavy atom. The van der Waals surface area contributed by atoms with Gasteiger partial charge < -0.3 is 13.4 Å². The maximum atomic E-state index is 6.88. The van der Waals surface area contributed by atoms with Gasteiger partial charge in [0.2, 0.25) is 0 Å². The van der Waals surface area contributed by atoms with Gasteiger partial charge in [0.15, 0.2) is 17.5 Å². The molecule has 0 unspecified atom stereocenters. The lowest BCUT2D eigenvalue weighted by Gasteiger charge is -2.12. The number of rotatable bonds is 7. The van der Waals surface area contributed by atoms with E-state index in [4.69, 9.17) is 23.8 Å². The lowest BCUT2D eigenvalue weighted by Crippen LogP contribution is -2.00. The Balaban J connectivity index is 0.915. The van der Waals surface area contributed by atoms with Gasteiger partial charge in [0, 0.05) is 49.2 Å². The van der Waals surface area contributed by atoms with Crippen LogP contribution in [0.1, 0.15) is 0 Å². The predicted molar refractivity (Wildman–Crippen MR) is 281 cm³/mol. The van der Waals surface area contributed by atoms with Crippen LogP contribution < -0.4 is 0 Å². The molecule has 0 saturated heterocycles. The van der Waals surface area contributed by atoms with Gasteiger partial charge in [-0.15, -0.1) is 0 Å². The topological polar surface area (TPSA) is 69.9 Å². The summed E-state index contributed by atoms with van der Waals surface area (Å²) in [6, 6.07) is 80.3. The van der Waals surface area contributed by atoms with Crippen molar-refractivity contribution in [3.63, 3.8) is 0 Å². The van der Waals surface area contributed by atoms with Crippen LogP contribution in [0, 0.1) is 0 Å². The minimum atomic E-state index is 0.573. The van der Waals surface area contributed by atoms with Crippen molar-refractivity contribution in [2.45, 2.75) is 0 Å². The number of furan rings is 2. The largest absolute Gasteiger partial charge is 0.456 e. The van der Waals surface area contributed by atoms with Crippen LogP contribution in [0.4, 0.5) is 0 Å². The summed E-state index contributed by atoms with van der Waals surface area (Å²) in [4.78, 5) is 15.3. The molecule has 6 heteroatoms. The average Bonchev–Trinajstić information content (AvgIpc) is 4.11. The number of hydrogen-bond donors (Lipinski definition) is 0. The summed E-state index contributed by atoms with van der Waals surface area (Å²) in [5, 5.41) is 6.43. The van der Waals surface area contributed by atoms with Gasteiger partial charge in [0.1, 0.15) is 22.3 Å². The first kappa shape index (κ1) is 38.8. The van der Waals surface area contributed by atoms with Crippen molar-refractivity contribution in [3.05, 3.63) is 231 Å². The number of aromatic nitrogens is 4. The molecule has 0 N–H and O–H groups in total. The highest BCUT2D eigenvalue weighted by atomic mass is 16.3. The highest BCUT2D eigenvalue weighted by Crippen LogP contribution is 2.45. The number of benzene rings is 10. The third-order valence-electron chi connectivity index (χ3n) is 13.5. The van der Waals surface area contributed by atoms with E-state index in [1.54, 1.807) is 0 Å². The van der Waals surface area contributed by atoms with Crippen LogP contribution in [0.3, 0.4) is 0 Å². The van der Waals surface area contributed by atoms with E-state index in [0.29, 0.717) is 17.5 Å². The molecule has 0 aliphatic heterocycles. The SMILES string of the molecule is c1ccc(-c2ccc(-c3nc(-c4ccccc4)nc(-c4cccc5oc6cc(-c7ccc(-n8c9ccccc9c9cc(-c%10ccccc%10)ccc98)c8c7oc7ccccc78)ccc6c45)n3)cc2)cc1. The van der Waals surface area contributed by atoms with Crippen LogP contribution in [0.15, 0.2) is 239 Å². The highest BCUT2D eigenvalue weighted by Gasteiger charge is 2.23. The molecule has 0 spiro atoms. The summed E-state index contributed by atoms with van der Waals surface area (Å²) < 4.78 is 16.0. The van der Waals surface area contributed by atoms with Gasteiger partial charge in [-0.3, -0.25) is 0 Å². The first-order valence-electron chi connectivity index (χ1n) is 23.2. The molecular weight excluding hydrogens is 845 g/mol. The van der Waals surface area contributed by atoms with E-state index in [1.807, 2.05) is 54.6 Å². The summed E-state index contributed by atoms with van der Waals surface area (Å²) in [6.45, 7) is 0. The average molecular weight is 883 g/mol. The molecule has 4 aromatic heterocycles. The van der Waals surface area contributed by atoms with Crippen molar-refractivity contribution >= 4 is 65.7 Å². The zero-order chi connectivity index (χ0) is 45.4. The third kappa shape index (κ3) is 6.38. The second-order valence-electron chi connectivity index (χ2n) is 17.5. The number of para-hydroxylation sites is 2. The zero-order valence-electron chi connectivity index (χ0n) is 37.0. The van der Waals surface area contributed by atoms with Crippen LogP contribution >= 0.6 is 0 Å². The zero-order valence-corrected chi connectivity index (χ0v) is 37.0. The quantitative estimate of drug-likeness (QED) is 0.159. The van der Waals surface area contributed by atoms with Crippen LogP contribution in [-0.2, 0) is 0 Å². The van der Waals surface area contributed by atoms with Crippen LogP contribution in [0.2, 0.25) is 0 Å². The van der Waals surface area contributed by atoms with E-state index in [0.717, 1.165) is 99.5 Å². The predicted octanol–water partition coefficient (Wildman–Crippen LogP) is 16.8. The third-order valence-corrected chi connectivity index (χ3v) is 13.5. The van der Waals surface area contributed by atoms with Crippen molar-refractivity contribution in [2.24, 2.45) is 0 Å². The Morgan fingerprint density at radius 3 is 1.61 bits per heavy atom. The molecule has 0 amide bonds. The minimum Gasteiger partial charge on any atom is -0.456 e. The molecule has 322 valence electrons. The van der Waals surface area contributed by atoms with E-state index in [9.17, 15) is 0 Å². The molecule has 0 saturated carbocycles. The Kier molecular flexibility index (Phi) is 8.79. The standard InChI is InChI=1S/C63H38N4O2/c1-4-15-39(16-5-1)41-27-29-43(30-28-41)62-64-61(42-19-8-3-9-20-42)65-63(66-62)50-23-14-26-56-58(50)49-33-31-45(38-57(49)68-56)46-34-36-54(59-48-22-11-13-25-55(48)69-60(46)59)67-52-24-12-10-21-47(52)51-37-44(32-35-53(51)67)40-17-6-2-7-18-40/h1-38H.